The van der Waals surface area contributed by atoms with E-state index in [4.69, 9.17) is 5.11 Å². The smallest absolute Gasteiger partial charge is 0.405 e. The van der Waals surface area contributed by atoms with Crippen LogP contribution in [0.15, 0.2) is 24.3 Å². The number of carbonyl (C=O) groups is 2. The molecule has 3 N–H and O–H groups in total. The van der Waals surface area contributed by atoms with Crippen LogP contribution in [-0.2, 0) is 0 Å². The zero-order chi connectivity index (χ0) is 13.8. The molecule has 2 amide bonds. The van der Waals surface area contributed by atoms with Gasteiger partial charge in [0.05, 0.1) is 5.56 Å². The molecule has 0 bridgehead atoms. The van der Waals surface area contributed by atoms with E-state index in [9.17, 15) is 22.8 Å². The van der Waals surface area contributed by atoms with Gasteiger partial charge < -0.3 is 15.7 Å². The van der Waals surface area contributed by atoms with Gasteiger partial charge in [0.25, 0.3) is 0 Å². The summed E-state index contributed by atoms with van der Waals surface area (Å²) in [7, 11) is 0. The molecule has 18 heavy (non-hydrogen) atoms. The Balaban J connectivity index is 2.59. The second-order valence-corrected chi connectivity index (χ2v) is 3.31. The number of aromatic carboxylic acids is 1. The number of anilines is 1. The van der Waals surface area contributed by atoms with Gasteiger partial charge in [-0.05, 0) is 18.2 Å². The molecule has 0 aromatic heterocycles. The number of carbonyl (C=O) groups excluding carboxylic acids is 1. The van der Waals surface area contributed by atoms with Crippen LogP contribution in [0.5, 0.6) is 0 Å². The Hall–Kier alpha value is -2.25. The Morgan fingerprint density at radius 2 is 1.94 bits per heavy atom. The first-order valence-electron chi connectivity index (χ1n) is 4.73. The molecule has 98 valence electrons. The van der Waals surface area contributed by atoms with Crippen molar-refractivity contribution in [1.82, 2.24) is 5.32 Å². The molecule has 0 aliphatic carbocycles. The van der Waals surface area contributed by atoms with Crippen LogP contribution >= 0.6 is 0 Å². The predicted octanol–water partition coefficient (Wildman–Crippen LogP) is 2.07. The van der Waals surface area contributed by atoms with Crippen molar-refractivity contribution in [2.75, 3.05) is 11.9 Å². The lowest BCUT2D eigenvalue weighted by atomic mass is 10.2. The first-order valence-corrected chi connectivity index (χ1v) is 4.73. The van der Waals surface area contributed by atoms with Crippen molar-refractivity contribution in [3.63, 3.8) is 0 Å². The van der Waals surface area contributed by atoms with E-state index in [0.717, 1.165) is 6.07 Å². The van der Waals surface area contributed by atoms with E-state index in [1.54, 1.807) is 5.32 Å². The van der Waals surface area contributed by atoms with E-state index in [1.165, 1.54) is 18.2 Å². The van der Waals surface area contributed by atoms with Crippen LogP contribution in [0.25, 0.3) is 0 Å². The fourth-order valence-electron chi connectivity index (χ4n) is 1.09. The molecule has 1 rings (SSSR count). The lowest BCUT2D eigenvalue weighted by Gasteiger charge is -2.10. The molecule has 1 aromatic rings. The summed E-state index contributed by atoms with van der Waals surface area (Å²) in [5.74, 6) is -1.20. The van der Waals surface area contributed by atoms with E-state index in [0.29, 0.717) is 0 Å². The van der Waals surface area contributed by atoms with Crippen molar-refractivity contribution in [1.29, 1.82) is 0 Å². The molecule has 0 fully saturated rings. The summed E-state index contributed by atoms with van der Waals surface area (Å²) >= 11 is 0. The minimum Gasteiger partial charge on any atom is -0.478 e. The van der Waals surface area contributed by atoms with E-state index in [2.05, 4.69) is 5.32 Å². The molecular weight excluding hydrogens is 253 g/mol. The van der Waals surface area contributed by atoms with Gasteiger partial charge in [-0.25, -0.2) is 9.59 Å². The molecule has 0 aliphatic heterocycles. The largest absolute Gasteiger partial charge is 0.478 e. The van der Waals surface area contributed by atoms with Gasteiger partial charge in [-0.3, -0.25) is 0 Å². The number of alkyl halides is 3. The SMILES string of the molecule is O=C(NCC(F)(F)F)Nc1cccc(C(=O)O)c1. The molecule has 0 saturated carbocycles. The number of hydrogen-bond donors (Lipinski definition) is 3. The minimum absolute atomic E-state index is 0.0800. The second-order valence-electron chi connectivity index (χ2n) is 3.31. The van der Waals surface area contributed by atoms with Gasteiger partial charge in [0, 0.05) is 5.69 Å². The quantitative estimate of drug-likeness (QED) is 0.780. The van der Waals surface area contributed by atoms with Crippen LogP contribution < -0.4 is 10.6 Å². The molecule has 0 saturated heterocycles. The topological polar surface area (TPSA) is 78.4 Å². The van der Waals surface area contributed by atoms with Crippen molar-refractivity contribution in [2.45, 2.75) is 6.18 Å². The van der Waals surface area contributed by atoms with E-state index < -0.39 is 24.7 Å². The summed E-state index contributed by atoms with van der Waals surface area (Å²) in [5.41, 5.74) is 0.0122. The van der Waals surface area contributed by atoms with Gasteiger partial charge in [-0.1, -0.05) is 6.07 Å². The van der Waals surface area contributed by atoms with Crippen LogP contribution in [0.3, 0.4) is 0 Å². The lowest BCUT2D eigenvalue weighted by molar-refractivity contribution is -0.122. The highest BCUT2D eigenvalue weighted by molar-refractivity contribution is 5.93. The van der Waals surface area contributed by atoms with E-state index >= 15 is 0 Å². The van der Waals surface area contributed by atoms with Gasteiger partial charge in [-0.2, -0.15) is 13.2 Å². The lowest BCUT2D eigenvalue weighted by Crippen LogP contribution is -2.36. The number of halogens is 3. The summed E-state index contributed by atoms with van der Waals surface area (Å²) in [6.45, 7) is -1.46. The van der Waals surface area contributed by atoms with Crippen LogP contribution in [0.2, 0.25) is 0 Å². The molecule has 0 unspecified atom stereocenters. The average Bonchev–Trinajstić information content (AvgIpc) is 2.26. The molecule has 0 heterocycles. The monoisotopic (exact) mass is 262 g/mol. The molecule has 0 spiro atoms. The highest BCUT2D eigenvalue weighted by Gasteiger charge is 2.27. The van der Waals surface area contributed by atoms with Gasteiger partial charge in [-0.15, -0.1) is 0 Å². The fourth-order valence-corrected chi connectivity index (χ4v) is 1.09. The number of urea groups is 1. The maximum absolute atomic E-state index is 11.8. The van der Waals surface area contributed by atoms with Crippen molar-refractivity contribution in [2.24, 2.45) is 0 Å². The van der Waals surface area contributed by atoms with Crippen LogP contribution in [0, 0.1) is 0 Å². The fraction of sp³-hybridized carbons (Fsp3) is 0.200. The summed E-state index contributed by atoms with van der Waals surface area (Å²) in [6, 6.07) is 4.09. The maximum Gasteiger partial charge on any atom is 0.405 e. The summed E-state index contributed by atoms with van der Waals surface area (Å²) in [4.78, 5) is 21.7. The highest BCUT2D eigenvalue weighted by Crippen LogP contribution is 2.13. The molecule has 0 aliphatic rings. The molecule has 0 atom stereocenters. The molecule has 8 heteroatoms. The number of benzene rings is 1. The average molecular weight is 262 g/mol. The van der Waals surface area contributed by atoms with Crippen LogP contribution in [0.4, 0.5) is 23.7 Å². The second kappa shape index (κ2) is 5.39. The Kier molecular flexibility index (Phi) is 4.13. The maximum atomic E-state index is 11.8. The van der Waals surface area contributed by atoms with Gasteiger partial charge in [0.1, 0.15) is 6.54 Å². The molecule has 1 aromatic carbocycles. The Morgan fingerprint density at radius 1 is 1.28 bits per heavy atom. The van der Waals surface area contributed by atoms with Crippen molar-refractivity contribution in [3.8, 4) is 0 Å². The number of nitrogens with one attached hydrogen (secondary N) is 2. The zero-order valence-electron chi connectivity index (χ0n) is 8.91. The van der Waals surface area contributed by atoms with Gasteiger partial charge in [0.2, 0.25) is 0 Å². The minimum atomic E-state index is -4.50. The zero-order valence-corrected chi connectivity index (χ0v) is 8.91. The third kappa shape index (κ3) is 4.73. The van der Waals surface area contributed by atoms with Crippen LogP contribution in [-0.4, -0.2) is 29.8 Å². The summed E-state index contributed by atoms with van der Waals surface area (Å²) < 4.78 is 35.4. The number of hydrogen-bond acceptors (Lipinski definition) is 2. The first kappa shape index (κ1) is 13.8. The third-order valence-electron chi connectivity index (χ3n) is 1.82. The van der Waals surface area contributed by atoms with Crippen molar-refractivity contribution in [3.05, 3.63) is 29.8 Å². The normalized spacial score (nSPS) is 10.8. The van der Waals surface area contributed by atoms with Crippen molar-refractivity contribution < 1.29 is 27.9 Å². The standard InChI is InChI=1S/C10H9F3N2O3/c11-10(12,13)5-14-9(18)15-7-3-1-2-6(4-7)8(16)17/h1-4H,5H2,(H,16,17)(H2,14,15,18). The molecule has 0 radical (unpaired) electrons. The summed E-state index contributed by atoms with van der Waals surface area (Å²) in [6.07, 6.45) is -4.50. The Morgan fingerprint density at radius 3 is 2.50 bits per heavy atom. The number of rotatable bonds is 3. The van der Waals surface area contributed by atoms with Gasteiger partial charge in [0.15, 0.2) is 0 Å². The van der Waals surface area contributed by atoms with Gasteiger partial charge >= 0.3 is 18.2 Å². The number of amides is 2. The highest BCUT2D eigenvalue weighted by atomic mass is 19.4. The first-order chi connectivity index (χ1) is 8.28. The Bertz CT molecular complexity index is 460. The van der Waals surface area contributed by atoms with Crippen LogP contribution in [0.1, 0.15) is 10.4 Å². The molecule has 5 nitrogen and oxygen atoms in total. The summed E-state index contributed by atoms with van der Waals surface area (Å²) in [5, 5.41) is 12.4. The van der Waals surface area contributed by atoms with E-state index in [1.807, 2.05) is 0 Å². The predicted molar refractivity (Wildman–Crippen MR) is 56.5 cm³/mol. The Labute approximate surface area is 99.6 Å². The molecular formula is C10H9F3N2O3. The number of carboxylic acid groups (broad SMARTS) is 1. The van der Waals surface area contributed by atoms with E-state index in [-0.39, 0.29) is 11.3 Å². The third-order valence-corrected chi connectivity index (χ3v) is 1.82. The van der Waals surface area contributed by atoms with Crippen molar-refractivity contribution >= 4 is 17.7 Å². The number of carboxylic acids is 1.